The first kappa shape index (κ1) is 22.0. The third kappa shape index (κ3) is 5.37. The first-order chi connectivity index (χ1) is 16.1. The van der Waals surface area contributed by atoms with Crippen LogP contribution in [0, 0.1) is 11.3 Å². The second kappa shape index (κ2) is 9.97. The average molecular weight is 462 g/mol. The summed E-state index contributed by atoms with van der Waals surface area (Å²) in [6.07, 6.45) is 6.25. The van der Waals surface area contributed by atoms with Crippen molar-refractivity contribution in [1.29, 1.82) is 5.26 Å². The molecule has 10 heteroatoms. The summed E-state index contributed by atoms with van der Waals surface area (Å²) in [7, 11) is 1.58. The molecule has 4 aromatic rings. The Labute approximate surface area is 195 Å². The van der Waals surface area contributed by atoms with Gasteiger partial charge in [-0.1, -0.05) is 17.7 Å². The molecule has 0 amide bonds. The minimum absolute atomic E-state index is 0.218. The number of nitriles is 1. The highest BCUT2D eigenvalue weighted by atomic mass is 35.5. The van der Waals surface area contributed by atoms with Gasteiger partial charge in [-0.05, 0) is 42.8 Å². The highest BCUT2D eigenvalue weighted by molar-refractivity contribution is 6.31. The van der Waals surface area contributed by atoms with E-state index in [4.69, 9.17) is 21.1 Å². The van der Waals surface area contributed by atoms with Crippen molar-refractivity contribution in [3.63, 3.8) is 0 Å². The molecular formula is C23H20ClN7O2. The van der Waals surface area contributed by atoms with Crippen molar-refractivity contribution in [3.05, 3.63) is 72.0 Å². The Kier molecular flexibility index (Phi) is 6.66. The lowest BCUT2D eigenvalue weighted by Gasteiger charge is -2.16. The van der Waals surface area contributed by atoms with Crippen molar-refractivity contribution in [2.45, 2.75) is 19.6 Å². The SMILES string of the molecule is COc1ccc(Cl)cc1Nc1ncc(-c2ccc(C#N)c(OC(C)Cn3cncn3)c2)cn1. The van der Waals surface area contributed by atoms with Crippen molar-refractivity contribution in [3.8, 4) is 28.7 Å². The molecule has 166 valence electrons. The molecule has 33 heavy (non-hydrogen) atoms. The smallest absolute Gasteiger partial charge is 0.227 e. The van der Waals surface area contributed by atoms with Crippen LogP contribution in [0.1, 0.15) is 12.5 Å². The van der Waals surface area contributed by atoms with Gasteiger partial charge in [0.25, 0.3) is 0 Å². The van der Waals surface area contributed by atoms with E-state index >= 15 is 0 Å². The Morgan fingerprint density at radius 2 is 1.94 bits per heavy atom. The number of hydrogen-bond donors (Lipinski definition) is 1. The quantitative estimate of drug-likeness (QED) is 0.409. The van der Waals surface area contributed by atoms with Crippen LogP contribution in [0.5, 0.6) is 11.5 Å². The van der Waals surface area contributed by atoms with Gasteiger partial charge in [0.15, 0.2) is 0 Å². The fourth-order valence-corrected chi connectivity index (χ4v) is 3.35. The molecule has 0 bridgehead atoms. The van der Waals surface area contributed by atoms with Gasteiger partial charge in [0, 0.05) is 23.0 Å². The van der Waals surface area contributed by atoms with Crippen LogP contribution < -0.4 is 14.8 Å². The van der Waals surface area contributed by atoms with E-state index < -0.39 is 0 Å². The molecule has 0 aliphatic carbocycles. The molecule has 2 aromatic carbocycles. The predicted molar refractivity (Wildman–Crippen MR) is 124 cm³/mol. The summed E-state index contributed by atoms with van der Waals surface area (Å²) in [4.78, 5) is 12.7. The van der Waals surface area contributed by atoms with Crippen molar-refractivity contribution in [2.24, 2.45) is 0 Å². The zero-order valence-corrected chi connectivity index (χ0v) is 18.7. The Morgan fingerprint density at radius 1 is 1.12 bits per heavy atom. The molecule has 0 aliphatic rings. The fourth-order valence-electron chi connectivity index (χ4n) is 3.18. The van der Waals surface area contributed by atoms with Gasteiger partial charge in [-0.3, -0.25) is 0 Å². The van der Waals surface area contributed by atoms with Crippen LogP contribution in [-0.4, -0.2) is 37.9 Å². The van der Waals surface area contributed by atoms with Gasteiger partial charge in [0.05, 0.1) is 24.9 Å². The standard InChI is InChI=1S/C23H20ClN7O2/c1-15(12-31-14-26-13-29-31)33-22-7-16(3-4-17(22)9-25)18-10-27-23(28-11-18)30-20-8-19(24)5-6-21(20)32-2/h3-8,10-11,13-15H,12H2,1-2H3,(H,27,28,30). The number of nitrogens with zero attached hydrogens (tertiary/aromatic N) is 6. The van der Waals surface area contributed by atoms with Crippen molar-refractivity contribution in [2.75, 3.05) is 12.4 Å². The summed E-state index contributed by atoms with van der Waals surface area (Å²) in [5, 5.41) is 17.2. The van der Waals surface area contributed by atoms with Gasteiger partial charge in [0.2, 0.25) is 5.95 Å². The second-order valence-electron chi connectivity index (χ2n) is 7.13. The molecule has 2 aromatic heterocycles. The molecular weight excluding hydrogens is 442 g/mol. The van der Waals surface area contributed by atoms with Gasteiger partial charge < -0.3 is 14.8 Å². The first-order valence-electron chi connectivity index (χ1n) is 10.0. The van der Waals surface area contributed by atoms with Crippen molar-refractivity contribution >= 4 is 23.2 Å². The minimum atomic E-state index is -0.218. The van der Waals surface area contributed by atoms with Crippen LogP contribution >= 0.6 is 11.6 Å². The maximum atomic E-state index is 9.48. The predicted octanol–water partition coefficient (Wildman–Crippen LogP) is 4.48. The molecule has 0 fully saturated rings. The molecule has 0 aliphatic heterocycles. The molecule has 0 spiro atoms. The summed E-state index contributed by atoms with van der Waals surface area (Å²) in [6, 6.07) is 12.8. The highest BCUT2D eigenvalue weighted by Gasteiger charge is 2.12. The summed E-state index contributed by atoms with van der Waals surface area (Å²) >= 11 is 6.08. The summed E-state index contributed by atoms with van der Waals surface area (Å²) in [6.45, 7) is 2.41. The average Bonchev–Trinajstić information content (AvgIpc) is 3.32. The number of methoxy groups -OCH3 is 1. The number of benzene rings is 2. The van der Waals surface area contributed by atoms with E-state index in [1.165, 1.54) is 6.33 Å². The number of anilines is 2. The topological polar surface area (TPSA) is 111 Å². The van der Waals surface area contributed by atoms with E-state index in [9.17, 15) is 5.26 Å². The van der Waals surface area contributed by atoms with E-state index in [1.807, 2.05) is 19.1 Å². The molecule has 1 atom stereocenters. The Bertz CT molecular complexity index is 1270. The molecule has 2 heterocycles. The van der Waals surface area contributed by atoms with Crippen LogP contribution in [0.4, 0.5) is 11.6 Å². The van der Waals surface area contributed by atoms with Crippen LogP contribution in [0.15, 0.2) is 61.4 Å². The van der Waals surface area contributed by atoms with Crippen LogP contribution in [0.3, 0.4) is 0 Å². The van der Waals surface area contributed by atoms with Crippen molar-refractivity contribution < 1.29 is 9.47 Å². The van der Waals surface area contributed by atoms with E-state index in [1.54, 1.807) is 54.8 Å². The van der Waals surface area contributed by atoms with Gasteiger partial charge in [0.1, 0.15) is 36.3 Å². The number of ether oxygens (including phenoxy) is 2. The summed E-state index contributed by atoms with van der Waals surface area (Å²) in [5.41, 5.74) is 2.70. The van der Waals surface area contributed by atoms with E-state index in [0.29, 0.717) is 40.3 Å². The third-order valence-corrected chi connectivity index (χ3v) is 4.97. The molecule has 0 saturated heterocycles. The lowest BCUT2D eigenvalue weighted by molar-refractivity contribution is 0.193. The van der Waals surface area contributed by atoms with Gasteiger partial charge in [-0.2, -0.15) is 10.4 Å². The lowest BCUT2D eigenvalue weighted by atomic mass is 10.1. The molecule has 1 N–H and O–H groups in total. The van der Waals surface area contributed by atoms with Crippen molar-refractivity contribution in [1.82, 2.24) is 24.7 Å². The molecule has 1 unspecified atom stereocenters. The first-order valence-corrected chi connectivity index (χ1v) is 10.4. The third-order valence-electron chi connectivity index (χ3n) is 4.73. The molecule has 9 nitrogen and oxygen atoms in total. The molecule has 0 saturated carbocycles. The monoisotopic (exact) mass is 461 g/mol. The second-order valence-corrected chi connectivity index (χ2v) is 7.57. The number of hydrogen-bond acceptors (Lipinski definition) is 8. The Morgan fingerprint density at radius 3 is 2.64 bits per heavy atom. The van der Waals surface area contributed by atoms with Crippen LogP contribution in [0.2, 0.25) is 5.02 Å². The summed E-state index contributed by atoms with van der Waals surface area (Å²) in [5.74, 6) is 1.50. The zero-order chi connectivity index (χ0) is 23.2. The van der Waals surface area contributed by atoms with Gasteiger partial charge in [-0.25, -0.2) is 19.6 Å². The van der Waals surface area contributed by atoms with Gasteiger partial charge in [-0.15, -0.1) is 0 Å². The number of nitrogens with one attached hydrogen (secondary N) is 1. The number of halogens is 1. The van der Waals surface area contributed by atoms with Gasteiger partial charge >= 0.3 is 0 Å². The van der Waals surface area contributed by atoms with Crippen LogP contribution in [0.25, 0.3) is 11.1 Å². The Hall–Kier alpha value is -4.16. The Balaban J connectivity index is 1.52. The van der Waals surface area contributed by atoms with E-state index in [-0.39, 0.29) is 6.10 Å². The fraction of sp³-hybridized carbons (Fsp3) is 0.174. The maximum absolute atomic E-state index is 9.48. The van der Waals surface area contributed by atoms with E-state index in [0.717, 1.165) is 11.1 Å². The van der Waals surface area contributed by atoms with Crippen LogP contribution in [-0.2, 0) is 6.54 Å². The molecule has 0 radical (unpaired) electrons. The largest absolute Gasteiger partial charge is 0.495 e. The zero-order valence-electron chi connectivity index (χ0n) is 17.9. The summed E-state index contributed by atoms with van der Waals surface area (Å²) < 4.78 is 13.0. The minimum Gasteiger partial charge on any atom is -0.495 e. The molecule has 4 rings (SSSR count). The lowest BCUT2D eigenvalue weighted by Crippen LogP contribution is -2.20. The maximum Gasteiger partial charge on any atom is 0.227 e. The number of aromatic nitrogens is 5. The van der Waals surface area contributed by atoms with E-state index in [2.05, 4.69) is 31.4 Å². The number of rotatable bonds is 8. The normalized spacial score (nSPS) is 11.5. The highest BCUT2D eigenvalue weighted by Crippen LogP contribution is 2.31.